The summed E-state index contributed by atoms with van der Waals surface area (Å²) in [5.74, 6) is 3.23. The van der Waals surface area contributed by atoms with Gasteiger partial charge in [0.15, 0.2) is 33.6 Å². The summed E-state index contributed by atoms with van der Waals surface area (Å²) in [6.07, 6.45) is 5.20. The Kier molecular flexibility index (Phi) is 6.10. The van der Waals surface area contributed by atoms with Crippen LogP contribution in [0.3, 0.4) is 0 Å². The van der Waals surface area contributed by atoms with Gasteiger partial charge in [-0.15, -0.1) is 0 Å². The lowest BCUT2D eigenvalue weighted by molar-refractivity contribution is 0.170. The molecule has 32 heavy (non-hydrogen) atoms. The van der Waals surface area contributed by atoms with E-state index in [9.17, 15) is 0 Å². The Labute approximate surface area is 192 Å². The fraction of sp³-hybridized carbons (Fsp3) is 0.522. The quantitative estimate of drug-likeness (QED) is 0.495. The molecular weight excluding hydrogens is 424 g/mol. The topological polar surface area (TPSA) is 100 Å². The van der Waals surface area contributed by atoms with Gasteiger partial charge < -0.3 is 25.1 Å². The van der Waals surface area contributed by atoms with Crippen LogP contribution in [-0.4, -0.2) is 45.8 Å². The molecule has 170 valence electrons. The Bertz CT molecular complexity index is 1110. The van der Waals surface area contributed by atoms with E-state index in [1.807, 2.05) is 0 Å². The van der Waals surface area contributed by atoms with E-state index < -0.39 is 0 Å². The third kappa shape index (κ3) is 4.23. The van der Waals surface area contributed by atoms with Gasteiger partial charge in [-0.3, -0.25) is 0 Å². The summed E-state index contributed by atoms with van der Waals surface area (Å²) in [6.45, 7) is 8.15. The summed E-state index contributed by atoms with van der Waals surface area (Å²) < 4.78 is 13.9. The van der Waals surface area contributed by atoms with E-state index in [0.29, 0.717) is 36.4 Å². The highest BCUT2D eigenvalue weighted by molar-refractivity contribution is 7.99. The zero-order valence-electron chi connectivity index (χ0n) is 18.6. The van der Waals surface area contributed by atoms with Gasteiger partial charge in [0.1, 0.15) is 19.5 Å². The Morgan fingerprint density at radius 1 is 1.19 bits per heavy atom. The van der Waals surface area contributed by atoms with Crippen molar-refractivity contribution in [1.29, 1.82) is 0 Å². The molecule has 1 aliphatic heterocycles. The average Bonchev–Trinajstić information content (AvgIpc) is 3.09. The third-order valence-corrected chi connectivity index (χ3v) is 7.08. The number of nitrogens with two attached hydrogens (primary N) is 1. The first-order chi connectivity index (χ1) is 15.6. The van der Waals surface area contributed by atoms with Crippen LogP contribution in [0.1, 0.15) is 44.6 Å². The first-order valence-electron chi connectivity index (χ1n) is 11.4. The van der Waals surface area contributed by atoms with Crippen molar-refractivity contribution in [3.05, 3.63) is 24.0 Å². The van der Waals surface area contributed by atoms with Crippen LogP contribution in [0.4, 0.5) is 5.82 Å². The number of hydrogen-bond acceptors (Lipinski definition) is 8. The number of hydrogen-bond donors (Lipinski definition) is 2. The van der Waals surface area contributed by atoms with Crippen molar-refractivity contribution < 1.29 is 9.47 Å². The maximum absolute atomic E-state index is 6.14. The lowest BCUT2D eigenvalue weighted by atomic mass is 9.80. The Morgan fingerprint density at radius 3 is 2.69 bits per heavy atom. The highest BCUT2D eigenvalue weighted by Gasteiger charge is 2.27. The molecular formula is C23H30N6O2S. The largest absolute Gasteiger partial charge is 0.486 e. The van der Waals surface area contributed by atoms with Crippen LogP contribution in [0.25, 0.3) is 11.2 Å². The second kappa shape index (κ2) is 9.15. The third-order valence-electron chi connectivity index (χ3n) is 6.01. The van der Waals surface area contributed by atoms with E-state index in [1.54, 1.807) is 11.8 Å². The van der Waals surface area contributed by atoms with Crippen molar-refractivity contribution in [2.75, 3.05) is 32.0 Å². The van der Waals surface area contributed by atoms with Crippen LogP contribution in [-0.2, 0) is 6.54 Å². The monoisotopic (exact) mass is 454 g/mol. The molecule has 0 unspecified atom stereocenters. The van der Waals surface area contributed by atoms with Crippen LogP contribution in [0, 0.1) is 5.92 Å². The van der Waals surface area contributed by atoms with E-state index in [0.717, 1.165) is 46.8 Å². The van der Waals surface area contributed by atoms with Crippen LogP contribution in [0.15, 0.2) is 28.5 Å². The standard InChI is InChI=1S/C23H30N6O2S/c1-14(2)12-25-6-7-29-22-20(21(24)26-13-27-22)28-23(29)32-19-11-18-17(30-8-9-31-18)10-16(19)15-4-3-5-15/h10-11,13-15,25H,3-9,12H2,1-2H3,(H2,24,26,27). The minimum Gasteiger partial charge on any atom is -0.486 e. The fourth-order valence-corrected chi connectivity index (χ4v) is 5.24. The number of nitrogens with zero attached hydrogens (tertiary/aromatic N) is 4. The summed E-state index contributed by atoms with van der Waals surface area (Å²) in [6, 6.07) is 4.29. The van der Waals surface area contributed by atoms with Crippen molar-refractivity contribution in [2.24, 2.45) is 5.92 Å². The first-order valence-corrected chi connectivity index (χ1v) is 12.2. The highest BCUT2D eigenvalue weighted by atomic mass is 32.2. The second-order valence-corrected chi connectivity index (χ2v) is 9.85. The molecule has 0 amide bonds. The smallest absolute Gasteiger partial charge is 0.175 e. The SMILES string of the molecule is CC(C)CNCCn1c(Sc2cc3c(cc2C2CCC2)OCCO3)nc2c(N)ncnc21. The number of anilines is 1. The van der Waals surface area contributed by atoms with E-state index in [-0.39, 0.29) is 0 Å². The number of aromatic nitrogens is 4. The van der Waals surface area contributed by atoms with Crippen molar-refractivity contribution in [3.63, 3.8) is 0 Å². The van der Waals surface area contributed by atoms with Gasteiger partial charge >= 0.3 is 0 Å². The Hall–Kier alpha value is -2.52. The molecule has 9 heteroatoms. The summed E-state index contributed by atoms with van der Waals surface area (Å²) in [4.78, 5) is 14.7. The van der Waals surface area contributed by atoms with Gasteiger partial charge in [-0.05, 0) is 48.9 Å². The lowest BCUT2D eigenvalue weighted by Crippen LogP contribution is -2.24. The number of nitrogen functional groups attached to an aromatic ring is 1. The molecule has 3 aromatic rings. The number of ether oxygens (including phenoxy) is 2. The summed E-state index contributed by atoms with van der Waals surface area (Å²) in [5, 5.41) is 4.38. The molecule has 2 aliphatic rings. The van der Waals surface area contributed by atoms with Crippen LogP contribution in [0.5, 0.6) is 11.5 Å². The zero-order chi connectivity index (χ0) is 22.1. The van der Waals surface area contributed by atoms with Gasteiger partial charge in [0, 0.05) is 18.0 Å². The van der Waals surface area contributed by atoms with Gasteiger partial charge in [0.25, 0.3) is 0 Å². The second-order valence-electron chi connectivity index (χ2n) is 8.84. The number of rotatable bonds is 8. The molecule has 0 saturated heterocycles. The summed E-state index contributed by atoms with van der Waals surface area (Å²) in [7, 11) is 0. The molecule has 5 rings (SSSR count). The molecule has 0 bridgehead atoms. The molecule has 1 aliphatic carbocycles. The van der Waals surface area contributed by atoms with E-state index in [1.165, 1.54) is 31.2 Å². The molecule has 1 saturated carbocycles. The molecule has 3 N–H and O–H groups in total. The van der Waals surface area contributed by atoms with E-state index in [2.05, 4.69) is 45.8 Å². The van der Waals surface area contributed by atoms with Gasteiger partial charge in [-0.2, -0.15) is 0 Å². The molecule has 0 spiro atoms. The fourth-order valence-electron chi connectivity index (χ4n) is 4.11. The van der Waals surface area contributed by atoms with Gasteiger partial charge in [0.05, 0.1) is 0 Å². The lowest BCUT2D eigenvalue weighted by Gasteiger charge is -2.29. The van der Waals surface area contributed by atoms with Crippen LogP contribution >= 0.6 is 11.8 Å². The average molecular weight is 455 g/mol. The molecule has 0 radical (unpaired) electrons. The molecule has 8 nitrogen and oxygen atoms in total. The minimum absolute atomic E-state index is 0.409. The minimum atomic E-state index is 0.409. The number of nitrogens with one attached hydrogen (secondary N) is 1. The predicted octanol–water partition coefficient (Wildman–Crippen LogP) is 3.84. The maximum Gasteiger partial charge on any atom is 0.175 e. The summed E-state index contributed by atoms with van der Waals surface area (Å²) in [5.41, 5.74) is 8.88. The molecule has 1 fully saturated rings. The Balaban J connectivity index is 1.50. The normalized spacial score (nSPS) is 16.0. The van der Waals surface area contributed by atoms with Gasteiger partial charge in [0.2, 0.25) is 0 Å². The molecule has 2 aromatic heterocycles. The van der Waals surface area contributed by atoms with Crippen molar-refractivity contribution in [2.45, 2.75) is 55.6 Å². The first kappa shape index (κ1) is 21.3. The summed E-state index contributed by atoms with van der Waals surface area (Å²) >= 11 is 1.66. The van der Waals surface area contributed by atoms with Crippen molar-refractivity contribution in [3.8, 4) is 11.5 Å². The van der Waals surface area contributed by atoms with Crippen molar-refractivity contribution in [1.82, 2.24) is 24.8 Å². The number of fused-ring (bicyclic) bond motifs is 2. The number of imidazole rings is 1. The van der Waals surface area contributed by atoms with Gasteiger partial charge in [-0.25, -0.2) is 15.0 Å². The maximum atomic E-state index is 6.14. The molecule has 0 atom stereocenters. The molecule has 1 aromatic carbocycles. The zero-order valence-corrected chi connectivity index (χ0v) is 19.5. The van der Waals surface area contributed by atoms with Crippen molar-refractivity contribution >= 4 is 28.7 Å². The van der Waals surface area contributed by atoms with Gasteiger partial charge in [-0.1, -0.05) is 32.0 Å². The molecule has 3 heterocycles. The predicted molar refractivity (Wildman–Crippen MR) is 126 cm³/mol. The van der Waals surface area contributed by atoms with Crippen LogP contribution in [0.2, 0.25) is 0 Å². The Morgan fingerprint density at radius 2 is 1.97 bits per heavy atom. The van der Waals surface area contributed by atoms with E-state index >= 15 is 0 Å². The van der Waals surface area contributed by atoms with E-state index in [4.69, 9.17) is 20.2 Å². The van der Waals surface area contributed by atoms with Crippen LogP contribution < -0.4 is 20.5 Å². The highest BCUT2D eigenvalue weighted by Crippen LogP contribution is 2.47. The number of benzene rings is 1.